The maximum absolute atomic E-state index is 2.60. The molecule has 1 aliphatic heterocycles. The third-order valence-corrected chi connectivity index (χ3v) is 12.9. The summed E-state index contributed by atoms with van der Waals surface area (Å²) >= 11 is 0. The van der Waals surface area contributed by atoms with Gasteiger partial charge in [0, 0.05) is 62.6 Å². The molecule has 0 amide bonds. The van der Waals surface area contributed by atoms with Gasteiger partial charge in [0.2, 0.25) is 0 Å². The summed E-state index contributed by atoms with van der Waals surface area (Å²) < 4.78 is 4.86. The Morgan fingerprint density at radius 3 is 1.46 bits per heavy atom. The fourth-order valence-corrected chi connectivity index (χ4v) is 9.39. The Morgan fingerprint density at radius 1 is 0.464 bits per heavy atom. The minimum atomic E-state index is 0.0627. The zero-order valence-corrected chi connectivity index (χ0v) is 35.9. The van der Waals surface area contributed by atoms with Crippen molar-refractivity contribution in [3.05, 3.63) is 137 Å². The molecule has 56 heavy (non-hydrogen) atoms. The third-order valence-electron chi connectivity index (χ3n) is 12.9. The molecule has 7 aromatic rings. The lowest BCUT2D eigenvalue weighted by atomic mass is 9.77. The molecule has 3 heterocycles. The average Bonchev–Trinajstić information content (AvgIpc) is 3.73. The van der Waals surface area contributed by atoms with Crippen LogP contribution in [0.5, 0.6) is 0 Å². The van der Waals surface area contributed by atoms with Crippen LogP contribution in [0.15, 0.2) is 115 Å². The molecular weight excluding hydrogens is 679 g/mol. The molecule has 2 atom stereocenters. The fourth-order valence-electron chi connectivity index (χ4n) is 9.39. The molecule has 0 saturated carbocycles. The Kier molecular flexibility index (Phi) is 7.84. The number of anilines is 2. The van der Waals surface area contributed by atoms with Gasteiger partial charge in [-0.25, -0.2) is 0 Å². The summed E-state index contributed by atoms with van der Waals surface area (Å²) in [5.74, 6) is 0.300. The minimum absolute atomic E-state index is 0.0627. The molecule has 286 valence electrons. The molecule has 5 aromatic carbocycles. The molecule has 2 aliphatic rings. The SMILES string of the molecule is Cn1c2ccc(N3c4ccc(C(C)(C)C)cc4C4C=C(C(C)(C)C)C=CC43)cc2c2cc(-n3c4ccc(C(C)(C)C)cc4c4cc(C(C)(C)C)ccc43)ccc21. The number of allylic oxidation sites excluding steroid dienone is 2. The maximum Gasteiger partial charge on any atom is 0.0629 e. The van der Waals surface area contributed by atoms with Crippen LogP contribution in [-0.4, -0.2) is 15.2 Å². The van der Waals surface area contributed by atoms with Crippen molar-refractivity contribution in [2.24, 2.45) is 12.5 Å². The Bertz CT molecular complexity index is 2730. The number of rotatable bonds is 2. The standard InChI is InChI=1S/C53H59N3/c1-50(2,3)32-14-20-46-38(26-32)39-27-33(51(4,5)6)15-21-47(39)55(46)36-18-24-44-42(30-36)43-31-37(19-25-45(43)54(44)13)56-48-22-16-34(52(7,8)9)28-40(48)41-29-35(53(10,11)12)17-23-49(41)56/h14-31,38,46H,1-13H3. The van der Waals surface area contributed by atoms with Gasteiger partial charge < -0.3 is 14.0 Å². The first-order chi connectivity index (χ1) is 26.2. The van der Waals surface area contributed by atoms with Crippen LogP contribution in [0.1, 0.15) is 111 Å². The lowest BCUT2D eigenvalue weighted by Gasteiger charge is -2.32. The van der Waals surface area contributed by atoms with E-state index in [1.165, 1.54) is 88.5 Å². The van der Waals surface area contributed by atoms with Crippen LogP contribution in [-0.2, 0) is 23.3 Å². The second-order valence-corrected chi connectivity index (χ2v) is 20.9. The van der Waals surface area contributed by atoms with E-state index in [0.717, 1.165) is 0 Å². The predicted molar refractivity (Wildman–Crippen MR) is 243 cm³/mol. The van der Waals surface area contributed by atoms with E-state index in [-0.39, 0.29) is 27.7 Å². The monoisotopic (exact) mass is 737 g/mol. The quantitative estimate of drug-likeness (QED) is 0.172. The number of fused-ring (bicyclic) bond motifs is 9. The van der Waals surface area contributed by atoms with E-state index in [0.29, 0.717) is 5.92 Å². The highest BCUT2D eigenvalue weighted by molar-refractivity contribution is 6.12. The predicted octanol–water partition coefficient (Wildman–Crippen LogP) is 14.5. The Hall–Kier alpha value is -5.02. The van der Waals surface area contributed by atoms with Crippen molar-refractivity contribution in [3.63, 3.8) is 0 Å². The van der Waals surface area contributed by atoms with Crippen LogP contribution in [0.2, 0.25) is 0 Å². The number of aryl methyl sites for hydroxylation is 1. The van der Waals surface area contributed by atoms with E-state index >= 15 is 0 Å². The normalized spacial score (nSPS) is 17.7. The molecule has 2 aromatic heterocycles. The number of hydrogen-bond acceptors (Lipinski definition) is 1. The summed E-state index contributed by atoms with van der Waals surface area (Å²) in [6.07, 6.45) is 7.40. The zero-order chi connectivity index (χ0) is 39.9. The van der Waals surface area contributed by atoms with Gasteiger partial charge in [-0.05, 0) is 116 Å². The zero-order valence-electron chi connectivity index (χ0n) is 35.9. The lowest BCUT2D eigenvalue weighted by Crippen LogP contribution is -2.30. The average molecular weight is 738 g/mol. The van der Waals surface area contributed by atoms with Crippen LogP contribution in [0.25, 0.3) is 49.3 Å². The van der Waals surface area contributed by atoms with Gasteiger partial charge in [-0.3, -0.25) is 0 Å². The van der Waals surface area contributed by atoms with Gasteiger partial charge in [-0.2, -0.15) is 0 Å². The lowest BCUT2D eigenvalue weighted by molar-refractivity contribution is 0.507. The van der Waals surface area contributed by atoms with Gasteiger partial charge in [0.25, 0.3) is 0 Å². The summed E-state index contributed by atoms with van der Waals surface area (Å²) in [6, 6.07) is 35.9. The summed E-state index contributed by atoms with van der Waals surface area (Å²) in [6.45, 7) is 27.8. The van der Waals surface area contributed by atoms with Crippen molar-refractivity contribution in [2.75, 3.05) is 4.90 Å². The van der Waals surface area contributed by atoms with E-state index in [2.05, 4.69) is 213 Å². The van der Waals surface area contributed by atoms with Gasteiger partial charge in [-0.15, -0.1) is 0 Å². The summed E-state index contributed by atoms with van der Waals surface area (Å²) in [4.78, 5) is 2.60. The molecule has 1 aliphatic carbocycles. The van der Waals surface area contributed by atoms with E-state index < -0.39 is 0 Å². The molecule has 3 heteroatoms. The van der Waals surface area contributed by atoms with E-state index in [1.807, 2.05) is 0 Å². The Balaban J connectivity index is 1.23. The van der Waals surface area contributed by atoms with E-state index in [4.69, 9.17) is 0 Å². The van der Waals surface area contributed by atoms with Crippen molar-refractivity contribution in [3.8, 4) is 5.69 Å². The topological polar surface area (TPSA) is 13.1 Å². The summed E-state index contributed by atoms with van der Waals surface area (Å²) in [5, 5.41) is 5.21. The minimum Gasteiger partial charge on any atom is -0.344 e. The number of nitrogens with zero attached hydrogens (tertiary/aromatic N) is 3. The van der Waals surface area contributed by atoms with Gasteiger partial charge >= 0.3 is 0 Å². The maximum atomic E-state index is 2.60. The molecule has 9 rings (SSSR count). The first-order valence-electron chi connectivity index (χ1n) is 20.7. The van der Waals surface area contributed by atoms with Crippen LogP contribution in [0.3, 0.4) is 0 Å². The number of hydrogen-bond donors (Lipinski definition) is 0. The highest BCUT2D eigenvalue weighted by atomic mass is 15.2. The molecule has 2 unspecified atom stereocenters. The molecule has 0 saturated heterocycles. The second kappa shape index (κ2) is 12.0. The molecule has 3 nitrogen and oxygen atoms in total. The van der Waals surface area contributed by atoms with Crippen molar-refractivity contribution < 1.29 is 0 Å². The molecule has 0 radical (unpaired) electrons. The highest BCUT2D eigenvalue weighted by Crippen LogP contribution is 2.51. The van der Waals surface area contributed by atoms with E-state index in [9.17, 15) is 0 Å². The first-order valence-corrected chi connectivity index (χ1v) is 20.7. The molecule has 0 spiro atoms. The van der Waals surface area contributed by atoms with Crippen LogP contribution in [0, 0.1) is 5.41 Å². The van der Waals surface area contributed by atoms with Gasteiger partial charge in [0.05, 0.1) is 17.1 Å². The molecular formula is C53H59N3. The van der Waals surface area contributed by atoms with Crippen molar-refractivity contribution in [1.82, 2.24) is 9.13 Å². The third kappa shape index (κ3) is 5.67. The molecule has 0 fully saturated rings. The van der Waals surface area contributed by atoms with Crippen LogP contribution >= 0.6 is 0 Å². The first kappa shape index (κ1) is 36.6. The van der Waals surface area contributed by atoms with E-state index in [1.54, 1.807) is 0 Å². The Labute approximate surface area is 334 Å². The Morgan fingerprint density at radius 2 is 0.929 bits per heavy atom. The summed E-state index contributed by atoms with van der Waals surface area (Å²) in [5.41, 5.74) is 16.0. The van der Waals surface area contributed by atoms with Gasteiger partial charge in [-0.1, -0.05) is 126 Å². The smallest absolute Gasteiger partial charge is 0.0629 e. The molecule has 0 bridgehead atoms. The van der Waals surface area contributed by atoms with Crippen molar-refractivity contribution in [1.29, 1.82) is 0 Å². The van der Waals surface area contributed by atoms with Gasteiger partial charge in [0.1, 0.15) is 0 Å². The number of benzene rings is 5. The highest BCUT2D eigenvalue weighted by Gasteiger charge is 2.40. The fraction of sp³-hybridized carbons (Fsp3) is 0.358. The van der Waals surface area contributed by atoms with Crippen LogP contribution < -0.4 is 4.90 Å². The van der Waals surface area contributed by atoms with Crippen molar-refractivity contribution >= 4 is 55.0 Å². The summed E-state index contributed by atoms with van der Waals surface area (Å²) in [7, 11) is 2.21. The number of aromatic nitrogens is 2. The van der Waals surface area contributed by atoms with Crippen molar-refractivity contribution in [2.45, 2.75) is 111 Å². The van der Waals surface area contributed by atoms with Gasteiger partial charge in [0.15, 0.2) is 0 Å². The van der Waals surface area contributed by atoms with Crippen LogP contribution in [0.4, 0.5) is 11.4 Å². The molecule has 0 N–H and O–H groups in total. The second-order valence-electron chi connectivity index (χ2n) is 20.9. The largest absolute Gasteiger partial charge is 0.344 e.